The Kier molecular flexibility index (Phi) is 13.6. The van der Waals surface area contributed by atoms with Crippen molar-refractivity contribution in [1.82, 2.24) is 10.8 Å². The summed E-state index contributed by atoms with van der Waals surface area (Å²) >= 11 is 1.45. The number of unbranched alkanes of at least 4 members (excludes halogenated alkanes) is 2. The van der Waals surface area contributed by atoms with Gasteiger partial charge in [0.25, 0.3) is 0 Å². The predicted octanol–water partition coefficient (Wildman–Crippen LogP) is 6.95. The van der Waals surface area contributed by atoms with E-state index in [0.717, 1.165) is 39.8 Å². The fourth-order valence-electron chi connectivity index (χ4n) is 5.76. The number of aromatic carboxylic acids is 1. The van der Waals surface area contributed by atoms with E-state index >= 15 is 0 Å². The summed E-state index contributed by atoms with van der Waals surface area (Å²) < 4.78 is 13.0. The summed E-state index contributed by atoms with van der Waals surface area (Å²) in [6.45, 7) is 0.360. The number of ether oxygens (including phenoxy) is 2. The van der Waals surface area contributed by atoms with Crippen molar-refractivity contribution in [2.24, 2.45) is 0 Å². The van der Waals surface area contributed by atoms with Crippen LogP contribution in [-0.2, 0) is 32.2 Å². The number of carboxylic acids is 1. The Labute approximate surface area is 295 Å². The van der Waals surface area contributed by atoms with Crippen molar-refractivity contribution >= 4 is 29.5 Å². The number of benzene rings is 4. The van der Waals surface area contributed by atoms with Gasteiger partial charge in [0.15, 0.2) is 6.29 Å². The first-order chi connectivity index (χ1) is 24.3. The van der Waals surface area contributed by atoms with Gasteiger partial charge >= 0.3 is 5.97 Å². The number of amides is 2. The first-order valence-corrected chi connectivity index (χ1v) is 17.7. The maximum Gasteiger partial charge on any atom is 0.336 e. The highest BCUT2D eigenvalue weighted by Gasteiger charge is 2.32. The number of carboxylic acid groups (broad SMARTS) is 1. The molecule has 1 saturated heterocycles. The standard InChI is InChI=1S/C39H42N2O8S/c42-24-26-13-15-29(16-14-26)34-22-32(25-50-35-10-5-4-9-33(35)38(45)46)48-39(49-34)30-19-17-28(18-20-30)31-8-6-7-27(21-31)23-40-36(43)11-2-1-3-12-37(44)41-47/h4-10,13-21,32,34,39,42,47H,1-3,11-12,22-25H2,(H,40,43)(H,41,44)(H,45,46). The topological polar surface area (TPSA) is 154 Å². The van der Waals surface area contributed by atoms with Crippen LogP contribution in [0.2, 0.25) is 0 Å². The average molecular weight is 699 g/mol. The summed E-state index contributed by atoms with van der Waals surface area (Å²) in [4.78, 5) is 35.9. The first-order valence-electron chi connectivity index (χ1n) is 16.7. The van der Waals surface area contributed by atoms with E-state index in [9.17, 15) is 24.6 Å². The molecule has 262 valence electrons. The van der Waals surface area contributed by atoms with Gasteiger partial charge in [0.2, 0.25) is 11.8 Å². The zero-order valence-corrected chi connectivity index (χ0v) is 28.4. The van der Waals surface area contributed by atoms with Crippen molar-refractivity contribution in [1.29, 1.82) is 0 Å². The van der Waals surface area contributed by atoms with E-state index < -0.39 is 18.2 Å². The molecule has 4 aromatic rings. The number of aliphatic hydroxyl groups is 1. The van der Waals surface area contributed by atoms with Gasteiger partial charge in [0, 0.05) is 42.0 Å². The lowest BCUT2D eigenvalue weighted by atomic mass is 9.99. The molecule has 1 heterocycles. The minimum absolute atomic E-state index is 0.0415. The molecule has 3 atom stereocenters. The van der Waals surface area contributed by atoms with Crippen molar-refractivity contribution in [3.63, 3.8) is 0 Å². The van der Waals surface area contributed by atoms with E-state index in [4.69, 9.17) is 14.7 Å². The number of nitrogens with one attached hydrogen (secondary N) is 2. The predicted molar refractivity (Wildman–Crippen MR) is 189 cm³/mol. The largest absolute Gasteiger partial charge is 0.478 e. The maximum absolute atomic E-state index is 12.3. The minimum atomic E-state index is -0.966. The molecule has 0 aliphatic carbocycles. The molecular formula is C39H42N2O8S. The highest BCUT2D eigenvalue weighted by atomic mass is 32.2. The van der Waals surface area contributed by atoms with Crippen LogP contribution < -0.4 is 10.8 Å². The van der Waals surface area contributed by atoms with Crippen LogP contribution in [0, 0.1) is 0 Å². The molecule has 1 aliphatic heterocycles. The fourth-order valence-corrected chi connectivity index (χ4v) is 6.83. The van der Waals surface area contributed by atoms with Crippen LogP contribution in [0.15, 0.2) is 102 Å². The van der Waals surface area contributed by atoms with Gasteiger partial charge < -0.3 is 25.0 Å². The van der Waals surface area contributed by atoms with Crippen LogP contribution in [0.25, 0.3) is 11.1 Å². The molecule has 0 saturated carbocycles. The molecule has 0 spiro atoms. The molecule has 0 radical (unpaired) electrons. The molecule has 2 amide bonds. The van der Waals surface area contributed by atoms with Gasteiger partial charge in [-0.1, -0.05) is 85.3 Å². The van der Waals surface area contributed by atoms with Crippen LogP contribution in [0.4, 0.5) is 0 Å². The molecule has 0 aromatic heterocycles. The summed E-state index contributed by atoms with van der Waals surface area (Å²) in [5.74, 6) is -0.896. The SMILES string of the molecule is O=C(CCCCCC(=O)NCc1cccc(-c2ccc(C3OC(CSc4ccccc4C(=O)O)CC(c4ccc(CO)cc4)O3)cc2)c1)NO. The van der Waals surface area contributed by atoms with Gasteiger partial charge in [-0.15, -0.1) is 11.8 Å². The number of hydrogen-bond acceptors (Lipinski definition) is 8. The van der Waals surface area contributed by atoms with E-state index in [2.05, 4.69) is 5.32 Å². The molecule has 1 fully saturated rings. The molecule has 5 rings (SSSR count). The van der Waals surface area contributed by atoms with Crippen LogP contribution in [0.5, 0.6) is 0 Å². The molecule has 3 unspecified atom stereocenters. The third kappa shape index (κ3) is 10.5. The van der Waals surface area contributed by atoms with E-state index in [1.54, 1.807) is 17.6 Å². The molecule has 50 heavy (non-hydrogen) atoms. The molecule has 1 aliphatic rings. The van der Waals surface area contributed by atoms with Gasteiger partial charge in [-0.25, -0.2) is 10.3 Å². The number of hydroxylamine groups is 1. The lowest BCUT2D eigenvalue weighted by molar-refractivity contribution is -0.245. The van der Waals surface area contributed by atoms with Crippen LogP contribution in [0.3, 0.4) is 0 Å². The Bertz CT molecular complexity index is 1730. The third-order valence-corrected chi connectivity index (χ3v) is 9.73. The summed E-state index contributed by atoms with van der Waals surface area (Å²) in [5.41, 5.74) is 7.49. The lowest BCUT2D eigenvalue weighted by Crippen LogP contribution is -2.31. The number of thioether (sulfide) groups is 1. The number of carbonyl (C=O) groups excluding carboxylic acids is 2. The summed E-state index contributed by atoms with van der Waals surface area (Å²) in [5, 5.41) is 30.7. The van der Waals surface area contributed by atoms with Crippen molar-refractivity contribution < 1.29 is 39.3 Å². The zero-order valence-electron chi connectivity index (χ0n) is 27.6. The van der Waals surface area contributed by atoms with Crippen LogP contribution in [0.1, 0.15) is 83.5 Å². The number of rotatable bonds is 16. The van der Waals surface area contributed by atoms with Gasteiger partial charge in [-0.05, 0) is 58.9 Å². The van der Waals surface area contributed by atoms with Gasteiger partial charge in [-0.2, -0.15) is 0 Å². The second-order valence-electron chi connectivity index (χ2n) is 12.2. The van der Waals surface area contributed by atoms with E-state index in [1.807, 2.05) is 84.9 Å². The summed E-state index contributed by atoms with van der Waals surface area (Å²) in [7, 11) is 0. The molecular weight excluding hydrogens is 657 g/mol. The second kappa shape index (κ2) is 18.5. The Morgan fingerprint density at radius 2 is 1.48 bits per heavy atom. The Hall–Kier alpha value is -4.52. The van der Waals surface area contributed by atoms with Crippen molar-refractivity contribution in [2.45, 2.75) is 75.1 Å². The quantitative estimate of drug-likeness (QED) is 0.0362. The highest BCUT2D eigenvalue weighted by Crippen LogP contribution is 2.40. The van der Waals surface area contributed by atoms with E-state index in [0.29, 0.717) is 42.9 Å². The van der Waals surface area contributed by atoms with Crippen molar-refractivity contribution in [2.75, 3.05) is 5.75 Å². The number of hydrogen-bond donors (Lipinski definition) is 5. The van der Waals surface area contributed by atoms with Gasteiger partial charge in [0.05, 0.1) is 24.4 Å². The van der Waals surface area contributed by atoms with Crippen molar-refractivity contribution in [3.05, 3.63) is 125 Å². The van der Waals surface area contributed by atoms with E-state index in [1.165, 1.54) is 11.8 Å². The Morgan fingerprint density at radius 1 is 0.760 bits per heavy atom. The zero-order chi connectivity index (χ0) is 35.3. The Balaban J connectivity index is 1.23. The molecule has 4 aromatic carbocycles. The molecule has 5 N–H and O–H groups in total. The smallest absolute Gasteiger partial charge is 0.336 e. The normalized spacial score (nSPS) is 17.2. The number of carbonyl (C=O) groups is 3. The first kappa shape index (κ1) is 36.8. The summed E-state index contributed by atoms with van der Waals surface area (Å²) in [6, 6.07) is 30.7. The molecule has 10 nitrogen and oxygen atoms in total. The molecule has 11 heteroatoms. The van der Waals surface area contributed by atoms with Gasteiger partial charge in [-0.3, -0.25) is 14.8 Å². The van der Waals surface area contributed by atoms with E-state index in [-0.39, 0.29) is 36.7 Å². The second-order valence-corrected chi connectivity index (χ2v) is 13.2. The van der Waals surface area contributed by atoms with Crippen LogP contribution in [-0.4, -0.2) is 45.1 Å². The maximum atomic E-state index is 12.3. The monoisotopic (exact) mass is 698 g/mol. The lowest BCUT2D eigenvalue weighted by Gasteiger charge is -2.36. The van der Waals surface area contributed by atoms with Crippen molar-refractivity contribution in [3.8, 4) is 11.1 Å². The third-order valence-electron chi connectivity index (χ3n) is 8.52. The molecule has 0 bridgehead atoms. The van der Waals surface area contributed by atoms with Crippen LogP contribution >= 0.6 is 11.8 Å². The fraction of sp³-hybridized carbons (Fsp3) is 0.308. The number of aliphatic hydroxyl groups excluding tert-OH is 1. The van der Waals surface area contributed by atoms with Gasteiger partial charge in [0.1, 0.15) is 0 Å². The summed E-state index contributed by atoms with van der Waals surface area (Å²) in [6.07, 6.45) is 2.07. The Morgan fingerprint density at radius 3 is 2.20 bits per heavy atom. The highest BCUT2D eigenvalue weighted by molar-refractivity contribution is 7.99. The average Bonchev–Trinajstić information content (AvgIpc) is 3.16. The minimum Gasteiger partial charge on any atom is -0.478 e.